The fraction of sp³-hybridized carbons (Fsp3) is 0.150. The quantitative estimate of drug-likeness (QED) is 0.352. The lowest BCUT2D eigenvalue weighted by Crippen LogP contribution is -2.41. The number of carbonyl (C=O) groups excluding carboxylic acids is 3. The summed E-state index contributed by atoms with van der Waals surface area (Å²) in [6.45, 7) is 0. The molecule has 0 spiro atoms. The molecule has 0 aliphatic carbocycles. The number of aryl methyl sites for hydroxylation is 1. The number of rotatable bonds is 6. The molecular weight excluding hydrogens is 406 g/mol. The summed E-state index contributed by atoms with van der Waals surface area (Å²) in [6.07, 6.45) is 1.64. The van der Waals surface area contributed by atoms with Crippen LogP contribution in [0.25, 0.3) is 0 Å². The molecule has 1 heterocycles. The summed E-state index contributed by atoms with van der Waals surface area (Å²) < 4.78 is 6.44. The number of nitrogens with one attached hydrogen (secondary N) is 2. The molecule has 1 aromatic heterocycles. The first kappa shape index (κ1) is 21.1. The molecular formula is C20H19N5O4S. The molecule has 0 aliphatic heterocycles. The number of amides is 2. The van der Waals surface area contributed by atoms with E-state index < -0.39 is 17.8 Å². The Balaban J connectivity index is 1.51. The molecule has 30 heavy (non-hydrogen) atoms. The van der Waals surface area contributed by atoms with E-state index in [2.05, 4.69) is 25.8 Å². The number of esters is 1. The highest BCUT2D eigenvalue weighted by Crippen LogP contribution is 2.20. The lowest BCUT2D eigenvalue weighted by atomic mass is 10.1. The van der Waals surface area contributed by atoms with Gasteiger partial charge in [-0.25, -0.2) is 4.79 Å². The molecule has 2 amide bonds. The Hall–Kier alpha value is -3.66. The van der Waals surface area contributed by atoms with E-state index in [4.69, 9.17) is 0 Å². The van der Waals surface area contributed by atoms with E-state index in [1.165, 1.54) is 43.1 Å². The van der Waals surface area contributed by atoms with Crippen LogP contribution in [0.5, 0.6) is 0 Å². The zero-order valence-corrected chi connectivity index (χ0v) is 17.1. The average Bonchev–Trinajstić information content (AvgIpc) is 3.20. The Labute approximate surface area is 176 Å². The standard InChI is InChI=1S/C20H19N5O4S/c1-25-12-21-24-20(25)30-11-13-3-5-14(6-4-13)17(26)22-23-18(27)15-7-9-16(10-8-15)19(28)29-2/h3-10,12H,11H2,1-2H3,(H,22,26)(H,23,27). The maximum Gasteiger partial charge on any atom is 0.337 e. The Morgan fingerprint density at radius 3 is 1.97 bits per heavy atom. The van der Waals surface area contributed by atoms with Crippen molar-refractivity contribution in [1.82, 2.24) is 25.6 Å². The van der Waals surface area contributed by atoms with E-state index >= 15 is 0 Å². The Bertz CT molecular complexity index is 1050. The van der Waals surface area contributed by atoms with Crippen LogP contribution in [-0.2, 0) is 17.5 Å². The van der Waals surface area contributed by atoms with Crippen LogP contribution in [-0.4, -0.2) is 39.7 Å². The lowest BCUT2D eigenvalue weighted by Gasteiger charge is -2.08. The van der Waals surface area contributed by atoms with Gasteiger partial charge >= 0.3 is 5.97 Å². The first-order valence-corrected chi connectivity index (χ1v) is 9.81. The van der Waals surface area contributed by atoms with Crippen molar-refractivity contribution in [3.05, 3.63) is 77.1 Å². The van der Waals surface area contributed by atoms with E-state index in [9.17, 15) is 14.4 Å². The van der Waals surface area contributed by atoms with Crippen molar-refractivity contribution < 1.29 is 19.1 Å². The molecule has 2 aromatic carbocycles. The van der Waals surface area contributed by atoms with Gasteiger partial charge in [0, 0.05) is 23.9 Å². The first-order valence-electron chi connectivity index (χ1n) is 8.82. The van der Waals surface area contributed by atoms with Crippen molar-refractivity contribution >= 4 is 29.5 Å². The Morgan fingerprint density at radius 1 is 0.933 bits per heavy atom. The summed E-state index contributed by atoms with van der Waals surface area (Å²) in [5.74, 6) is -0.751. The predicted molar refractivity (Wildman–Crippen MR) is 110 cm³/mol. The van der Waals surface area contributed by atoms with Gasteiger partial charge in [-0.1, -0.05) is 23.9 Å². The molecule has 3 aromatic rings. The smallest absolute Gasteiger partial charge is 0.337 e. The van der Waals surface area contributed by atoms with Crippen LogP contribution < -0.4 is 10.9 Å². The van der Waals surface area contributed by atoms with Crippen LogP contribution in [0.4, 0.5) is 0 Å². The van der Waals surface area contributed by atoms with E-state index in [0.717, 1.165) is 10.7 Å². The maximum absolute atomic E-state index is 12.2. The minimum absolute atomic E-state index is 0.291. The third-order valence-corrected chi connectivity index (χ3v) is 5.22. The van der Waals surface area contributed by atoms with Gasteiger partial charge in [-0.3, -0.25) is 20.4 Å². The SMILES string of the molecule is COC(=O)c1ccc(C(=O)NNC(=O)c2ccc(CSc3nncn3C)cc2)cc1. The number of benzene rings is 2. The van der Waals surface area contributed by atoms with Gasteiger partial charge in [0.1, 0.15) is 6.33 Å². The zero-order valence-electron chi connectivity index (χ0n) is 16.3. The molecule has 154 valence electrons. The molecule has 0 fully saturated rings. The van der Waals surface area contributed by atoms with E-state index in [1.807, 2.05) is 23.7 Å². The van der Waals surface area contributed by atoms with Gasteiger partial charge in [0.15, 0.2) is 5.16 Å². The van der Waals surface area contributed by atoms with E-state index in [1.54, 1.807) is 18.5 Å². The molecule has 0 unspecified atom stereocenters. The zero-order chi connectivity index (χ0) is 21.5. The van der Waals surface area contributed by atoms with Crippen LogP contribution in [0.2, 0.25) is 0 Å². The average molecular weight is 425 g/mol. The number of hydrazine groups is 1. The summed E-state index contributed by atoms with van der Waals surface area (Å²) in [5.41, 5.74) is 6.77. The Morgan fingerprint density at radius 2 is 1.47 bits per heavy atom. The van der Waals surface area contributed by atoms with Crippen LogP contribution >= 0.6 is 11.8 Å². The molecule has 0 saturated heterocycles. The minimum atomic E-state index is -0.503. The van der Waals surface area contributed by atoms with Crippen molar-refractivity contribution in [1.29, 1.82) is 0 Å². The second-order valence-electron chi connectivity index (χ2n) is 6.19. The van der Waals surface area contributed by atoms with Gasteiger partial charge in [-0.05, 0) is 42.0 Å². The molecule has 10 heteroatoms. The minimum Gasteiger partial charge on any atom is -0.465 e. The largest absolute Gasteiger partial charge is 0.465 e. The van der Waals surface area contributed by atoms with Crippen LogP contribution in [0.15, 0.2) is 60.0 Å². The highest BCUT2D eigenvalue weighted by molar-refractivity contribution is 7.98. The normalized spacial score (nSPS) is 10.3. The summed E-state index contributed by atoms with van der Waals surface area (Å²) in [4.78, 5) is 35.8. The molecule has 9 nitrogen and oxygen atoms in total. The number of methoxy groups -OCH3 is 1. The summed E-state index contributed by atoms with van der Waals surface area (Å²) in [7, 11) is 3.15. The second kappa shape index (κ2) is 9.70. The van der Waals surface area contributed by atoms with Gasteiger partial charge < -0.3 is 9.30 Å². The number of aromatic nitrogens is 3. The number of hydrogen-bond donors (Lipinski definition) is 2. The van der Waals surface area contributed by atoms with Crippen molar-refractivity contribution in [3.8, 4) is 0 Å². The van der Waals surface area contributed by atoms with Crippen molar-refractivity contribution in [2.75, 3.05) is 7.11 Å². The van der Waals surface area contributed by atoms with Gasteiger partial charge in [-0.15, -0.1) is 10.2 Å². The molecule has 0 atom stereocenters. The van der Waals surface area contributed by atoms with E-state index in [-0.39, 0.29) is 0 Å². The highest BCUT2D eigenvalue weighted by atomic mass is 32.2. The Kier molecular flexibility index (Phi) is 6.81. The molecule has 0 radical (unpaired) electrons. The van der Waals surface area contributed by atoms with Gasteiger partial charge in [0.25, 0.3) is 11.8 Å². The number of nitrogens with zero attached hydrogens (tertiary/aromatic N) is 3. The predicted octanol–water partition coefficient (Wildman–Crippen LogP) is 1.97. The first-order chi connectivity index (χ1) is 14.5. The molecule has 0 aliphatic rings. The summed E-state index contributed by atoms with van der Waals surface area (Å²) >= 11 is 1.54. The summed E-state index contributed by atoms with van der Waals surface area (Å²) in [5, 5.41) is 8.64. The van der Waals surface area contributed by atoms with Gasteiger partial charge in [0.05, 0.1) is 12.7 Å². The third kappa shape index (κ3) is 5.23. The number of ether oxygens (including phenoxy) is 1. The number of carbonyl (C=O) groups is 3. The molecule has 3 rings (SSSR count). The van der Waals surface area contributed by atoms with Crippen molar-refractivity contribution in [2.24, 2.45) is 7.05 Å². The van der Waals surface area contributed by atoms with Crippen molar-refractivity contribution in [3.63, 3.8) is 0 Å². The highest BCUT2D eigenvalue weighted by Gasteiger charge is 2.11. The van der Waals surface area contributed by atoms with Crippen LogP contribution in [0.1, 0.15) is 36.6 Å². The van der Waals surface area contributed by atoms with Crippen LogP contribution in [0, 0.1) is 0 Å². The lowest BCUT2D eigenvalue weighted by molar-refractivity contribution is 0.0600. The van der Waals surface area contributed by atoms with Gasteiger partial charge in [-0.2, -0.15) is 0 Å². The van der Waals surface area contributed by atoms with Crippen molar-refractivity contribution in [2.45, 2.75) is 10.9 Å². The fourth-order valence-corrected chi connectivity index (χ4v) is 3.28. The maximum atomic E-state index is 12.2. The second-order valence-corrected chi connectivity index (χ2v) is 7.13. The molecule has 2 N–H and O–H groups in total. The fourth-order valence-electron chi connectivity index (χ4n) is 2.44. The van der Waals surface area contributed by atoms with Crippen LogP contribution in [0.3, 0.4) is 0 Å². The molecule has 0 saturated carbocycles. The number of thioether (sulfide) groups is 1. The monoisotopic (exact) mass is 425 g/mol. The molecule has 0 bridgehead atoms. The topological polar surface area (TPSA) is 115 Å². The van der Waals surface area contributed by atoms with Gasteiger partial charge in [0.2, 0.25) is 0 Å². The summed E-state index contributed by atoms with van der Waals surface area (Å²) in [6, 6.07) is 12.9. The number of hydrogen-bond acceptors (Lipinski definition) is 7. The third-order valence-electron chi connectivity index (χ3n) is 4.11. The van der Waals surface area contributed by atoms with E-state index in [0.29, 0.717) is 22.4 Å².